The van der Waals surface area contributed by atoms with E-state index in [9.17, 15) is 4.79 Å². The smallest absolute Gasteiger partial charge is 0.273 e. The fourth-order valence-corrected chi connectivity index (χ4v) is 4.67. The summed E-state index contributed by atoms with van der Waals surface area (Å²) in [6.45, 7) is 2.26. The number of carbonyl (C=O) groups excluding carboxylic acids is 1. The third kappa shape index (κ3) is 6.61. The Morgan fingerprint density at radius 2 is 1.87 bits per heavy atom. The zero-order valence-electron chi connectivity index (χ0n) is 20.7. The van der Waals surface area contributed by atoms with Gasteiger partial charge in [0.25, 0.3) is 5.91 Å². The second-order valence-corrected chi connectivity index (χ2v) is 9.84. The van der Waals surface area contributed by atoms with E-state index < -0.39 is 0 Å². The molecule has 2 N–H and O–H groups in total. The van der Waals surface area contributed by atoms with E-state index >= 15 is 0 Å². The highest BCUT2D eigenvalue weighted by molar-refractivity contribution is 6.42. The number of nitrogens with one attached hydrogen (secondary N) is 2. The van der Waals surface area contributed by atoms with E-state index in [1.807, 2.05) is 42.5 Å². The van der Waals surface area contributed by atoms with E-state index in [2.05, 4.69) is 43.5 Å². The Morgan fingerprint density at radius 1 is 1.00 bits per heavy atom. The van der Waals surface area contributed by atoms with Crippen molar-refractivity contribution in [2.75, 3.05) is 13.1 Å². The molecule has 3 aromatic heterocycles. The molecule has 0 saturated heterocycles. The number of amides is 1. The molecule has 5 rings (SSSR count). The second-order valence-electron chi connectivity index (χ2n) is 9.02. The molecule has 1 amide bonds. The first kappa shape index (κ1) is 26.0. The van der Waals surface area contributed by atoms with Crippen LogP contribution in [-0.4, -0.2) is 38.8 Å². The normalized spacial score (nSPS) is 11.3. The maximum Gasteiger partial charge on any atom is 0.273 e. The summed E-state index contributed by atoms with van der Waals surface area (Å²) in [5.41, 5.74) is 4.55. The predicted octanol–water partition coefficient (Wildman–Crippen LogP) is 6.08. The number of carbonyl (C=O) groups is 1. The molecule has 0 aliphatic heterocycles. The van der Waals surface area contributed by atoms with Gasteiger partial charge in [-0.3, -0.25) is 14.7 Å². The molecule has 0 aliphatic rings. The largest absolute Gasteiger partial charge is 0.447 e. The van der Waals surface area contributed by atoms with Gasteiger partial charge >= 0.3 is 0 Å². The van der Waals surface area contributed by atoms with E-state index in [4.69, 9.17) is 27.6 Å². The lowest BCUT2D eigenvalue weighted by atomic mass is 10.1. The van der Waals surface area contributed by atoms with Gasteiger partial charge in [-0.1, -0.05) is 53.5 Å². The van der Waals surface area contributed by atoms with E-state index in [0.717, 1.165) is 29.7 Å². The minimum absolute atomic E-state index is 0.257. The summed E-state index contributed by atoms with van der Waals surface area (Å²) in [4.78, 5) is 26.9. The Kier molecular flexibility index (Phi) is 8.38. The molecule has 3 heterocycles. The number of pyridine rings is 1. The van der Waals surface area contributed by atoms with Crippen LogP contribution in [0.15, 0.2) is 83.7 Å². The molecule has 0 atom stereocenters. The number of fused-ring (bicyclic) bond motifs is 1. The lowest BCUT2D eigenvalue weighted by molar-refractivity contribution is 0.0949. The minimum atomic E-state index is -0.272. The Labute approximate surface area is 230 Å². The van der Waals surface area contributed by atoms with Crippen LogP contribution in [0.5, 0.6) is 0 Å². The first-order valence-electron chi connectivity index (χ1n) is 12.4. The van der Waals surface area contributed by atoms with Crippen LogP contribution in [-0.2, 0) is 25.9 Å². The van der Waals surface area contributed by atoms with Crippen LogP contribution in [0.25, 0.3) is 10.9 Å². The van der Waals surface area contributed by atoms with Crippen molar-refractivity contribution in [1.82, 2.24) is 25.2 Å². The lowest BCUT2D eigenvalue weighted by Crippen LogP contribution is -2.27. The van der Waals surface area contributed by atoms with Crippen molar-refractivity contribution in [3.8, 4) is 0 Å². The molecular weight excluding hydrogens is 521 g/mol. The molecule has 0 fully saturated rings. The number of para-hydroxylation sites is 1. The number of hydrogen-bond donors (Lipinski definition) is 2. The van der Waals surface area contributed by atoms with E-state index in [1.165, 1.54) is 17.2 Å². The molecule has 0 saturated carbocycles. The zero-order valence-corrected chi connectivity index (χ0v) is 22.2. The fourth-order valence-electron chi connectivity index (χ4n) is 4.35. The van der Waals surface area contributed by atoms with Gasteiger partial charge in [-0.25, -0.2) is 4.98 Å². The highest BCUT2D eigenvalue weighted by atomic mass is 35.5. The molecule has 0 radical (unpaired) electrons. The van der Waals surface area contributed by atoms with Crippen LogP contribution < -0.4 is 5.32 Å². The average molecular weight is 548 g/mol. The van der Waals surface area contributed by atoms with E-state index in [0.29, 0.717) is 42.0 Å². The first-order valence-corrected chi connectivity index (χ1v) is 13.1. The van der Waals surface area contributed by atoms with Gasteiger partial charge in [0, 0.05) is 55.0 Å². The third-order valence-electron chi connectivity index (χ3n) is 6.30. The van der Waals surface area contributed by atoms with Crippen molar-refractivity contribution in [3.05, 3.63) is 118 Å². The third-order valence-corrected chi connectivity index (χ3v) is 7.04. The maximum absolute atomic E-state index is 12.6. The van der Waals surface area contributed by atoms with Gasteiger partial charge in [0.1, 0.15) is 6.26 Å². The number of hydrogen-bond acceptors (Lipinski definition) is 5. The Morgan fingerprint density at radius 3 is 2.71 bits per heavy atom. The van der Waals surface area contributed by atoms with Crippen LogP contribution in [0, 0.1) is 0 Å². The Balaban J connectivity index is 1.25. The monoisotopic (exact) mass is 547 g/mol. The van der Waals surface area contributed by atoms with Crippen LogP contribution in [0.4, 0.5) is 0 Å². The van der Waals surface area contributed by atoms with Crippen molar-refractivity contribution >= 4 is 40.0 Å². The van der Waals surface area contributed by atoms with Gasteiger partial charge in [-0.2, -0.15) is 0 Å². The fraction of sp³-hybridized carbons (Fsp3) is 0.207. The van der Waals surface area contributed by atoms with Crippen LogP contribution in [0.1, 0.15) is 33.2 Å². The zero-order chi connectivity index (χ0) is 26.3. The van der Waals surface area contributed by atoms with Crippen LogP contribution in [0.2, 0.25) is 10.0 Å². The molecule has 0 spiro atoms. The summed E-state index contributed by atoms with van der Waals surface area (Å²) in [7, 11) is 0. The molecule has 0 bridgehead atoms. The minimum Gasteiger partial charge on any atom is -0.447 e. The molecular formula is C29H27Cl2N5O2. The van der Waals surface area contributed by atoms with Crippen molar-refractivity contribution in [1.29, 1.82) is 0 Å². The first-order chi connectivity index (χ1) is 18.5. The van der Waals surface area contributed by atoms with E-state index in [-0.39, 0.29) is 11.6 Å². The summed E-state index contributed by atoms with van der Waals surface area (Å²) in [5.74, 6) is 0.199. The van der Waals surface area contributed by atoms with Gasteiger partial charge in [-0.15, -0.1) is 0 Å². The van der Waals surface area contributed by atoms with Crippen molar-refractivity contribution in [2.45, 2.75) is 25.9 Å². The molecule has 2 aromatic carbocycles. The standard InChI is InChI=1S/C29H27Cl2N5O2/c30-24-9-8-20(15-25(24)31)17-36(14-11-21-16-34-26-7-2-1-6-23(21)26)18-28-35-27(19-38-28)29(37)33-13-10-22-5-3-4-12-32-22/h1-9,12,15-16,19,34H,10-11,13-14,17-18H2,(H,33,37). The van der Waals surface area contributed by atoms with Crippen molar-refractivity contribution < 1.29 is 9.21 Å². The SMILES string of the molecule is O=C(NCCc1ccccn1)c1coc(CN(CCc2c[nH]c3ccccc23)Cc2ccc(Cl)c(Cl)c2)n1. The summed E-state index contributed by atoms with van der Waals surface area (Å²) in [5, 5.41) is 5.13. The van der Waals surface area contributed by atoms with E-state index in [1.54, 1.807) is 12.3 Å². The summed E-state index contributed by atoms with van der Waals surface area (Å²) in [6, 6.07) is 19.6. The summed E-state index contributed by atoms with van der Waals surface area (Å²) >= 11 is 12.4. The molecule has 194 valence electrons. The molecule has 7 nitrogen and oxygen atoms in total. The lowest BCUT2D eigenvalue weighted by Gasteiger charge is -2.21. The van der Waals surface area contributed by atoms with Gasteiger partial charge in [0.05, 0.1) is 16.6 Å². The number of rotatable bonds is 11. The molecule has 5 aromatic rings. The summed E-state index contributed by atoms with van der Waals surface area (Å²) < 4.78 is 5.69. The molecule has 38 heavy (non-hydrogen) atoms. The van der Waals surface area contributed by atoms with Crippen LogP contribution >= 0.6 is 23.2 Å². The van der Waals surface area contributed by atoms with Gasteiger partial charge < -0.3 is 14.7 Å². The number of benzene rings is 2. The van der Waals surface area contributed by atoms with Crippen molar-refractivity contribution in [2.24, 2.45) is 0 Å². The number of nitrogens with zero attached hydrogens (tertiary/aromatic N) is 3. The number of halogens is 2. The van der Waals surface area contributed by atoms with Gasteiger partial charge in [0.15, 0.2) is 5.69 Å². The number of aromatic nitrogens is 3. The topological polar surface area (TPSA) is 87.0 Å². The van der Waals surface area contributed by atoms with Gasteiger partial charge in [-0.05, 0) is 47.9 Å². The van der Waals surface area contributed by atoms with Crippen molar-refractivity contribution in [3.63, 3.8) is 0 Å². The second kappa shape index (κ2) is 12.3. The number of H-pyrrole nitrogens is 1. The summed E-state index contributed by atoms with van der Waals surface area (Å²) in [6.07, 6.45) is 6.67. The predicted molar refractivity (Wildman–Crippen MR) is 149 cm³/mol. The Bertz CT molecular complexity index is 1520. The van der Waals surface area contributed by atoms with Gasteiger partial charge in [0.2, 0.25) is 5.89 Å². The maximum atomic E-state index is 12.6. The molecule has 0 aliphatic carbocycles. The quantitative estimate of drug-likeness (QED) is 0.209. The number of aromatic amines is 1. The van der Waals surface area contributed by atoms with Crippen LogP contribution in [0.3, 0.4) is 0 Å². The highest BCUT2D eigenvalue weighted by Crippen LogP contribution is 2.24. The highest BCUT2D eigenvalue weighted by Gasteiger charge is 2.16. The average Bonchev–Trinajstić information content (AvgIpc) is 3.57. The number of oxazole rings is 1. The Hall–Kier alpha value is -3.65. The molecule has 9 heteroatoms. The molecule has 0 unspecified atom stereocenters.